The summed E-state index contributed by atoms with van der Waals surface area (Å²) in [6, 6.07) is 5.82. The summed E-state index contributed by atoms with van der Waals surface area (Å²) in [6.07, 6.45) is 1.29. The van der Waals surface area contributed by atoms with Gasteiger partial charge in [-0.1, -0.05) is 6.07 Å². The van der Waals surface area contributed by atoms with E-state index in [1.807, 2.05) is 18.2 Å². The second kappa shape index (κ2) is 5.77. The van der Waals surface area contributed by atoms with Gasteiger partial charge in [-0.15, -0.1) is 11.3 Å². The number of carbonyl (C=O) groups is 1. The van der Waals surface area contributed by atoms with Gasteiger partial charge in [-0.05, 0) is 46.0 Å². The minimum absolute atomic E-state index is 0.138. The standard InChI is InChI=1S/C15H14BrNO3S/c1-19-12-4-3-8(7-13(12)20-2)9-5-10-14(11(18)6-9)21-15(16)17-10/h3-4,7,9H,5-6H2,1-2H3/t9-/m1/s1. The Morgan fingerprint density at radius 1 is 1.24 bits per heavy atom. The topological polar surface area (TPSA) is 48.4 Å². The summed E-state index contributed by atoms with van der Waals surface area (Å²) in [5.74, 6) is 1.69. The lowest BCUT2D eigenvalue weighted by Crippen LogP contribution is -2.17. The van der Waals surface area contributed by atoms with Gasteiger partial charge in [-0.2, -0.15) is 0 Å². The molecule has 2 aromatic rings. The van der Waals surface area contributed by atoms with Crippen molar-refractivity contribution in [3.05, 3.63) is 38.3 Å². The van der Waals surface area contributed by atoms with Crippen LogP contribution in [0.15, 0.2) is 22.1 Å². The van der Waals surface area contributed by atoms with E-state index in [1.165, 1.54) is 11.3 Å². The lowest BCUT2D eigenvalue weighted by atomic mass is 9.84. The number of Topliss-reactive ketones (excluding diaryl/α,β-unsaturated/α-hetero) is 1. The number of methoxy groups -OCH3 is 2. The summed E-state index contributed by atoms with van der Waals surface area (Å²) >= 11 is 4.78. The van der Waals surface area contributed by atoms with Crippen molar-refractivity contribution in [2.45, 2.75) is 18.8 Å². The number of benzene rings is 1. The highest BCUT2D eigenvalue weighted by atomic mass is 79.9. The van der Waals surface area contributed by atoms with Crippen molar-refractivity contribution in [2.75, 3.05) is 14.2 Å². The molecule has 1 aromatic carbocycles. The van der Waals surface area contributed by atoms with Crippen LogP contribution in [0.1, 0.15) is 33.3 Å². The first-order valence-electron chi connectivity index (χ1n) is 6.52. The molecule has 1 aromatic heterocycles. The van der Waals surface area contributed by atoms with Crippen molar-refractivity contribution < 1.29 is 14.3 Å². The molecule has 1 aliphatic carbocycles. The minimum Gasteiger partial charge on any atom is -0.493 e. The first-order chi connectivity index (χ1) is 10.1. The fourth-order valence-electron chi connectivity index (χ4n) is 2.64. The molecule has 0 bridgehead atoms. The fourth-order valence-corrected chi connectivity index (χ4v) is 4.11. The van der Waals surface area contributed by atoms with E-state index in [1.54, 1.807) is 14.2 Å². The molecular weight excluding hydrogens is 354 g/mol. The fraction of sp³-hybridized carbons (Fsp3) is 0.333. The molecule has 1 heterocycles. The Hall–Kier alpha value is -1.40. The van der Waals surface area contributed by atoms with E-state index in [2.05, 4.69) is 20.9 Å². The summed E-state index contributed by atoms with van der Waals surface area (Å²) in [5, 5.41) is 0. The highest BCUT2D eigenvalue weighted by molar-refractivity contribution is 9.11. The number of thiazole rings is 1. The average molecular weight is 368 g/mol. The van der Waals surface area contributed by atoms with Gasteiger partial charge in [0.2, 0.25) is 0 Å². The SMILES string of the molecule is COc1ccc([C@H]2CC(=O)c3sc(Br)nc3C2)cc1OC. The zero-order chi connectivity index (χ0) is 15.0. The first-order valence-corrected chi connectivity index (χ1v) is 8.13. The van der Waals surface area contributed by atoms with Gasteiger partial charge in [0.15, 0.2) is 21.2 Å². The Bertz CT molecular complexity index is 698. The lowest BCUT2D eigenvalue weighted by Gasteiger charge is -2.21. The maximum absolute atomic E-state index is 12.3. The largest absolute Gasteiger partial charge is 0.493 e. The van der Waals surface area contributed by atoms with Crippen LogP contribution >= 0.6 is 27.3 Å². The lowest BCUT2D eigenvalue weighted by molar-refractivity contribution is 0.0968. The Balaban J connectivity index is 1.94. The molecule has 0 amide bonds. The van der Waals surface area contributed by atoms with Crippen LogP contribution in [-0.2, 0) is 6.42 Å². The van der Waals surface area contributed by atoms with Crippen LogP contribution in [0.2, 0.25) is 0 Å². The molecule has 0 spiro atoms. The van der Waals surface area contributed by atoms with E-state index < -0.39 is 0 Å². The summed E-state index contributed by atoms with van der Waals surface area (Å²) in [4.78, 5) is 17.5. The zero-order valence-electron chi connectivity index (χ0n) is 11.7. The van der Waals surface area contributed by atoms with Crippen molar-refractivity contribution in [3.63, 3.8) is 0 Å². The molecule has 6 heteroatoms. The number of hydrogen-bond donors (Lipinski definition) is 0. The number of rotatable bonds is 3. The number of ether oxygens (including phenoxy) is 2. The monoisotopic (exact) mass is 367 g/mol. The number of fused-ring (bicyclic) bond motifs is 1. The smallest absolute Gasteiger partial charge is 0.175 e. The van der Waals surface area contributed by atoms with Gasteiger partial charge in [0.25, 0.3) is 0 Å². The summed E-state index contributed by atoms with van der Waals surface area (Å²) in [6.45, 7) is 0. The molecule has 0 aliphatic heterocycles. The second-order valence-corrected chi connectivity index (χ2v) is 7.16. The minimum atomic E-state index is 0.138. The molecule has 110 valence electrons. The molecular formula is C15H14BrNO3S. The van der Waals surface area contributed by atoms with Gasteiger partial charge in [-0.25, -0.2) is 4.98 Å². The number of halogens is 1. The van der Waals surface area contributed by atoms with Crippen molar-refractivity contribution in [1.82, 2.24) is 4.98 Å². The van der Waals surface area contributed by atoms with Crippen LogP contribution in [0, 0.1) is 0 Å². The van der Waals surface area contributed by atoms with Gasteiger partial charge in [0.1, 0.15) is 0 Å². The maximum Gasteiger partial charge on any atom is 0.175 e. The number of nitrogens with zero attached hydrogens (tertiary/aromatic N) is 1. The number of carbonyl (C=O) groups excluding carboxylic acids is 1. The average Bonchev–Trinajstić information content (AvgIpc) is 2.87. The summed E-state index contributed by atoms with van der Waals surface area (Å²) < 4.78 is 11.4. The van der Waals surface area contributed by atoms with Crippen molar-refractivity contribution in [3.8, 4) is 11.5 Å². The Morgan fingerprint density at radius 2 is 2.00 bits per heavy atom. The predicted octanol–water partition coefficient (Wildman–Crippen LogP) is 3.84. The summed E-state index contributed by atoms with van der Waals surface area (Å²) in [5.41, 5.74) is 1.97. The van der Waals surface area contributed by atoms with E-state index in [-0.39, 0.29) is 11.7 Å². The van der Waals surface area contributed by atoms with Gasteiger partial charge >= 0.3 is 0 Å². The van der Waals surface area contributed by atoms with Crippen LogP contribution in [0.3, 0.4) is 0 Å². The predicted molar refractivity (Wildman–Crippen MR) is 84.8 cm³/mol. The molecule has 4 nitrogen and oxygen atoms in total. The van der Waals surface area contributed by atoms with Crippen molar-refractivity contribution in [1.29, 1.82) is 0 Å². The first kappa shape index (κ1) is 14.5. The van der Waals surface area contributed by atoms with Gasteiger partial charge in [-0.3, -0.25) is 4.79 Å². The van der Waals surface area contributed by atoms with Crippen LogP contribution in [0.4, 0.5) is 0 Å². The Kier molecular flexibility index (Phi) is 3.99. The third-order valence-corrected chi connectivity index (χ3v) is 5.27. The Morgan fingerprint density at radius 3 is 2.71 bits per heavy atom. The number of aromatic nitrogens is 1. The molecule has 0 N–H and O–H groups in total. The molecule has 0 unspecified atom stereocenters. The molecule has 0 radical (unpaired) electrons. The molecule has 0 fully saturated rings. The molecule has 3 rings (SSSR count). The highest BCUT2D eigenvalue weighted by Crippen LogP contribution is 2.39. The van der Waals surface area contributed by atoms with E-state index in [4.69, 9.17) is 9.47 Å². The molecule has 21 heavy (non-hydrogen) atoms. The normalized spacial score (nSPS) is 17.5. The van der Waals surface area contributed by atoms with Crippen LogP contribution in [0.25, 0.3) is 0 Å². The van der Waals surface area contributed by atoms with Crippen LogP contribution in [0.5, 0.6) is 11.5 Å². The van der Waals surface area contributed by atoms with E-state index in [0.717, 1.165) is 26.5 Å². The third-order valence-electron chi connectivity index (χ3n) is 3.68. The van der Waals surface area contributed by atoms with E-state index >= 15 is 0 Å². The van der Waals surface area contributed by atoms with Gasteiger partial charge in [0.05, 0.1) is 24.8 Å². The molecule has 1 atom stereocenters. The van der Waals surface area contributed by atoms with Crippen molar-refractivity contribution in [2.24, 2.45) is 0 Å². The van der Waals surface area contributed by atoms with E-state index in [0.29, 0.717) is 17.9 Å². The summed E-state index contributed by atoms with van der Waals surface area (Å²) in [7, 11) is 3.23. The Labute approximate surface area is 135 Å². The molecule has 1 aliphatic rings. The maximum atomic E-state index is 12.3. The molecule has 0 saturated carbocycles. The number of ketones is 1. The second-order valence-electron chi connectivity index (χ2n) is 4.89. The van der Waals surface area contributed by atoms with Crippen LogP contribution < -0.4 is 9.47 Å². The van der Waals surface area contributed by atoms with E-state index in [9.17, 15) is 4.79 Å². The van der Waals surface area contributed by atoms with Crippen LogP contribution in [-0.4, -0.2) is 25.0 Å². The van der Waals surface area contributed by atoms with Gasteiger partial charge in [0, 0.05) is 6.42 Å². The zero-order valence-corrected chi connectivity index (χ0v) is 14.1. The van der Waals surface area contributed by atoms with Gasteiger partial charge < -0.3 is 9.47 Å². The van der Waals surface area contributed by atoms with Crippen molar-refractivity contribution >= 4 is 33.0 Å². The third kappa shape index (κ3) is 2.70. The highest BCUT2D eigenvalue weighted by Gasteiger charge is 2.29. The quantitative estimate of drug-likeness (QED) is 0.826. The molecule has 0 saturated heterocycles. The number of hydrogen-bond acceptors (Lipinski definition) is 5.